The molecule has 0 spiro atoms. The van der Waals surface area contributed by atoms with Gasteiger partial charge in [0.25, 0.3) is 0 Å². The predicted octanol–water partition coefficient (Wildman–Crippen LogP) is 1.54. The highest BCUT2D eigenvalue weighted by molar-refractivity contribution is 7.98. The Balaban J connectivity index is 2.39. The SMILES string of the molecule is CSCC[C@@H](N)C(=O)N[C@@H](C)c1ccco1. The number of carbonyl (C=O) groups excluding carboxylic acids is 1. The average Bonchev–Trinajstić information content (AvgIpc) is 2.79. The smallest absolute Gasteiger partial charge is 0.237 e. The molecule has 1 aromatic rings. The molecule has 1 aromatic heterocycles. The molecule has 1 heterocycles. The van der Waals surface area contributed by atoms with Gasteiger partial charge >= 0.3 is 0 Å². The summed E-state index contributed by atoms with van der Waals surface area (Å²) in [5.74, 6) is 1.51. The van der Waals surface area contributed by atoms with Crippen molar-refractivity contribution in [2.45, 2.75) is 25.4 Å². The fraction of sp³-hybridized carbons (Fsp3) is 0.545. The first-order valence-electron chi connectivity index (χ1n) is 5.23. The van der Waals surface area contributed by atoms with Gasteiger partial charge in [0.15, 0.2) is 0 Å². The zero-order chi connectivity index (χ0) is 12.0. The molecule has 1 amide bonds. The second-order valence-corrected chi connectivity index (χ2v) is 4.62. The summed E-state index contributed by atoms with van der Waals surface area (Å²) < 4.78 is 5.20. The van der Waals surface area contributed by atoms with Crippen LogP contribution in [0.25, 0.3) is 0 Å². The van der Waals surface area contributed by atoms with Gasteiger partial charge in [-0.3, -0.25) is 4.79 Å². The lowest BCUT2D eigenvalue weighted by molar-refractivity contribution is -0.123. The number of nitrogens with two attached hydrogens (primary N) is 1. The molecule has 0 aliphatic carbocycles. The summed E-state index contributed by atoms with van der Waals surface area (Å²) in [5, 5.41) is 2.82. The maximum absolute atomic E-state index is 11.7. The lowest BCUT2D eigenvalue weighted by atomic mass is 10.2. The molecule has 90 valence electrons. The van der Waals surface area contributed by atoms with Crippen molar-refractivity contribution in [1.82, 2.24) is 5.32 Å². The van der Waals surface area contributed by atoms with Crippen molar-refractivity contribution in [1.29, 1.82) is 0 Å². The molecule has 0 saturated carbocycles. The van der Waals surface area contributed by atoms with Crippen molar-refractivity contribution in [3.8, 4) is 0 Å². The molecule has 0 aliphatic rings. The van der Waals surface area contributed by atoms with E-state index in [-0.39, 0.29) is 11.9 Å². The minimum absolute atomic E-state index is 0.127. The van der Waals surface area contributed by atoms with Crippen molar-refractivity contribution in [3.05, 3.63) is 24.2 Å². The molecule has 2 atom stereocenters. The lowest BCUT2D eigenvalue weighted by Gasteiger charge is -2.15. The average molecular weight is 242 g/mol. The van der Waals surface area contributed by atoms with E-state index in [2.05, 4.69) is 5.32 Å². The zero-order valence-electron chi connectivity index (χ0n) is 9.60. The van der Waals surface area contributed by atoms with Gasteiger partial charge in [-0.15, -0.1) is 0 Å². The highest BCUT2D eigenvalue weighted by Crippen LogP contribution is 2.12. The Kier molecular flexibility index (Phi) is 5.42. The molecule has 16 heavy (non-hydrogen) atoms. The third-order valence-corrected chi connectivity index (χ3v) is 2.94. The Hall–Kier alpha value is -0.940. The lowest BCUT2D eigenvalue weighted by Crippen LogP contribution is -2.41. The van der Waals surface area contributed by atoms with Gasteiger partial charge in [0.2, 0.25) is 5.91 Å². The molecule has 1 rings (SSSR count). The second-order valence-electron chi connectivity index (χ2n) is 3.63. The number of carbonyl (C=O) groups is 1. The van der Waals surface area contributed by atoms with Crippen LogP contribution in [0.2, 0.25) is 0 Å². The summed E-state index contributed by atoms with van der Waals surface area (Å²) in [6.07, 6.45) is 4.28. The van der Waals surface area contributed by atoms with E-state index in [0.29, 0.717) is 6.42 Å². The summed E-state index contributed by atoms with van der Waals surface area (Å²) in [6, 6.07) is 3.05. The van der Waals surface area contributed by atoms with Gasteiger partial charge in [-0.1, -0.05) is 0 Å². The Bertz CT molecular complexity index is 314. The number of thioether (sulfide) groups is 1. The molecular weight excluding hydrogens is 224 g/mol. The molecule has 0 saturated heterocycles. The Morgan fingerprint density at radius 1 is 1.69 bits per heavy atom. The molecule has 5 heteroatoms. The number of amides is 1. The topological polar surface area (TPSA) is 68.3 Å². The molecular formula is C11H18N2O2S. The van der Waals surface area contributed by atoms with E-state index in [9.17, 15) is 4.79 Å². The number of nitrogens with one attached hydrogen (secondary N) is 1. The third kappa shape index (κ3) is 3.90. The van der Waals surface area contributed by atoms with Gasteiger partial charge in [0.1, 0.15) is 5.76 Å². The molecule has 4 nitrogen and oxygen atoms in total. The Morgan fingerprint density at radius 3 is 3.00 bits per heavy atom. The van der Waals surface area contributed by atoms with Crippen LogP contribution in [0.5, 0.6) is 0 Å². The fourth-order valence-corrected chi connectivity index (χ4v) is 1.79. The van der Waals surface area contributed by atoms with Crippen LogP contribution in [0, 0.1) is 0 Å². The largest absolute Gasteiger partial charge is 0.467 e. The number of hydrogen-bond acceptors (Lipinski definition) is 4. The van der Waals surface area contributed by atoms with E-state index in [4.69, 9.17) is 10.2 Å². The van der Waals surface area contributed by atoms with Gasteiger partial charge in [0.05, 0.1) is 18.3 Å². The number of furan rings is 1. The van der Waals surface area contributed by atoms with E-state index in [0.717, 1.165) is 11.5 Å². The van der Waals surface area contributed by atoms with E-state index >= 15 is 0 Å². The Morgan fingerprint density at radius 2 is 2.44 bits per heavy atom. The summed E-state index contributed by atoms with van der Waals surface area (Å²) in [6.45, 7) is 1.87. The standard InChI is InChI=1S/C11H18N2O2S/c1-8(10-4-3-6-15-10)13-11(14)9(12)5-7-16-2/h3-4,6,8-9H,5,7,12H2,1-2H3,(H,13,14)/t8-,9+/m0/s1. The maximum Gasteiger partial charge on any atom is 0.237 e. The Labute approximate surface area is 100.0 Å². The molecule has 0 radical (unpaired) electrons. The van der Waals surface area contributed by atoms with Crippen molar-refractivity contribution in [3.63, 3.8) is 0 Å². The maximum atomic E-state index is 11.7. The van der Waals surface area contributed by atoms with Crippen LogP contribution in [-0.4, -0.2) is 24.0 Å². The van der Waals surface area contributed by atoms with Crippen LogP contribution in [0.4, 0.5) is 0 Å². The van der Waals surface area contributed by atoms with E-state index in [1.807, 2.05) is 19.2 Å². The zero-order valence-corrected chi connectivity index (χ0v) is 10.4. The quantitative estimate of drug-likeness (QED) is 0.794. The van der Waals surface area contributed by atoms with Crippen molar-refractivity contribution < 1.29 is 9.21 Å². The summed E-state index contributed by atoms with van der Waals surface area (Å²) in [7, 11) is 0. The highest BCUT2D eigenvalue weighted by atomic mass is 32.2. The molecule has 0 bridgehead atoms. The first-order valence-corrected chi connectivity index (χ1v) is 6.63. The molecule has 3 N–H and O–H groups in total. The summed E-state index contributed by atoms with van der Waals surface area (Å²) in [5.41, 5.74) is 5.75. The normalized spacial score (nSPS) is 14.4. The first-order chi connectivity index (χ1) is 7.65. The van der Waals surface area contributed by atoms with E-state index < -0.39 is 6.04 Å². The van der Waals surface area contributed by atoms with Crippen LogP contribution >= 0.6 is 11.8 Å². The monoisotopic (exact) mass is 242 g/mol. The van der Waals surface area contributed by atoms with Gasteiger partial charge in [-0.05, 0) is 37.5 Å². The van der Waals surface area contributed by atoms with Gasteiger partial charge < -0.3 is 15.5 Å². The number of hydrogen-bond donors (Lipinski definition) is 2. The van der Waals surface area contributed by atoms with Crippen molar-refractivity contribution in [2.24, 2.45) is 5.73 Å². The van der Waals surface area contributed by atoms with Gasteiger partial charge in [-0.2, -0.15) is 11.8 Å². The van der Waals surface area contributed by atoms with Crippen LogP contribution in [0.1, 0.15) is 25.1 Å². The minimum atomic E-state index is -0.440. The fourth-order valence-electron chi connectivity index (χ4n) is 1.31. The van der Waals surface area contributed by atoms with Crippen LogP contribution in [0.15, 0.2) is 22.8 Å². The third-order valence-electron chi connectivity index (χ3n) is 2.30. The minimum Gasteiger partial charge on any atom is -0.467 e. The molecule has 0 fully saturated rings. The van der Waals surface area contributed by atoms with E-state index in [1.54, 1.807) is 24.1 Å². The summed E-state index contributed by atoms with van der Waals surface area (Å²) >= 11 is 1.69. The van der Waals surface area contributed by atoms with Crippen LogP contribution < -0.4 is 11.1 Å². The first kappa shape index (κ1) is 13.1. The van der Waals surface area contributed by atoms with Crippen LogP contribution in [0.3, 0.4) is 0 Å². The molecule has 0 aromatic carbocycles. The summed E-state index contributed by atoms with van der Waals surface area (Å²) in [4.78, 5) is 11.7. The number of rotatable bonds is 6. The van der Waals surface area contributed by atoms with Gasteiger partial charge in [-0.25, -0.2) is 0 Å². The second kappa shape index (κ2) is 6.60. The van der Waals surface area contributed by atoms with Crippen molar-refractivity contribution >= 4 is 17.7 Å². The molecule has 0 unspecified atom stereocenters. The molecule has 0 aliphatic heterocycles. The van der Waals surface area contributed by atoms with E-state index in [1.165, 1.54) is 0 Å². The highest BCUT2D eigenvalue weighted by Gasteiger charge is 2.17. The predicted molar refractivity (Wildman–Crippen MR) is 66.2 cm³/mol. The van der Waals surface area contributed by atoms with Crippen LogP contribution in [-0.2, 0) is 4.79 Å². The van der Waals surface area contributed by atoms with Crippen molar-refractivity contribution in [2.75, 3.05) is 12.0 Å². The van der Waals surface area contributed by atoms with Gasteiger partial charge in [0, 0.05) is 0 Å².